The molecule has 2 heterocycles. The number of rotatable bonds is 5. The van der Waals surface area contributed by atoms with Gasteiger partial charge >= 0.3 is 0 Å². The number of pyridine rings is 1. The summed E-state index contributed by atoms with van der Waals surface area (Å²) in [7, 11) is 0. The van der Waals surface area contributed by atoms with Crippen LogP contribution in [0.3, 0.4) is 0 Å². The molecule has 3 nitrogen and oxygen atoms in total. The fourth-order valence-electron chi connectivity index (χ4n) is 1.85. The van der Waals surface area contributed by atoms with E-state index in [1.54, 1.807) is 11.3 Å². The van der Waals surface area contributed by atoms with Crippen LogP contribution in [0.4, 0.5) is 0 Å². The molecule has 1 N–H and O–H groups in total. The van der Waals surface area contributed by atoms with Crippen molar-refractivity contribution in [3.05, 3.63) is 34.5 Å². The molecule has 18 heavy (non-hydrogen) atoms. The summed E-state index contributed by atoms with van der Waals surface area (Å²) < 4.78 is 0. The quantitative estimate of drug-likeness (QED) is 0.898. The van der Waals surface area contributed by atoms with Crippen molar-refractivity contribution < 1.29 is 0 Å². The van der Waals surface area contributed by atoms with E-state index in [0.717, 1.165) is 30.2 Å². The molecule has 0 amide bonds. The van der Waals surface area contributed by atoms with Crippen molar-refractivity contribution >= 4 is 11.3 Å². The predicted octanol–water partition coefficient (Wildman–Crippen LogP) is 3.19. The van der Waals surface area contributed by atoms with Crippen molar-refractivity contribution in [1.29, 1.82) is 0 Å². The molecule has 0 aliphatic heterocycles. The fraction of sp³-hybridized carbons (Fsp3) is 0.429. The maximum atomic E-state index is 4.73. The first kappa shape index (κ1) is 13.2. The number of hydrogen-bond donors (Lipinski definition) is 1. The van der Waals surface area contributed by atoms with Crippen molar-refractivity contribution in [2.75, 3.05) is 6.54 Å². The van der Waals surface area contributed by atoms with E-state index in [0.29, 0.717) is 0 Å². The molecule has 0 saturated carbocycles. The first-order valence-electron chi connectivity index (χ1n) is 6.37. The van der Waals surface area contributed by atoms with E-state index in [1.807, 2.05) is 12.3 Å². The summed E-state index contributed by atoms with van der Waals surface area (Å²) in [4.78, 5) is 10.5. The van der Waals surface area contributed by atoms with Crippen LogP contribution >= 0.6 is 11.3 Å². The standard InChI is InChI=1S/C14H19N3S/c1-4-11-12(9-15-5-2)18-14(17-11)13-10(3)7-6-8-16-13/h6-8,15H,4-5,9H2,1-3H3. The van der Waals surface area contributed by atoms with Crippen molar-refractivity contribution in [2.45, 2.75) is 33.7 Å². The van der Waals surface area contributed by atoms with Crippen LogP contribution < -0.4 is 5.32 Å². The second-order valence-electron chi connectivity index (χ2n) is 4.19. The molecule has 96 valence electrons. The largest absolute Gasteiger partial charge is 0.312 e. The summed E-state index contributed by atoms with van der Waals surface area (Å²) in [6, 6.07) is 4.05. The monoisotopic (exact) mass is 261 g/mol. The fourth-order valence-corrected chi connectivity index (χ4v) is 3.03. The van der Waals surface area contributed by atoms with E-state index < -0.39 is 0 Å². The van der Waals surface area contributed by atoms with Crippen LogP contribution in [0.5, 0.6) is 0 Å². The van der Waals surface area contributed by atoms with Gasteiger partial charge in [-0.05, 0) is 31.5 Å². The topological polar surface area (TPSA) is 37.8 Å². The van der Waals surface area contributed by atoms with E-state index in [9.17, 15) is 0 Å². The Morgan fingerprint density at radius 3 is 2.83 bits per heavy atom. The van der Waals surface area contributed by atoms with Gasteiger partial charge in [-0.2, -0.15) is 0 Å². The first-order valence-corrected chi connectivity index (χ1v) is 7.19. The van der Waals surface area contributed by atoms with Crippen LogP contribution in [0.25, 0.3) is 10.7 Å². The molecule has 0 unspecified atom stereocenters. The molecular formula is C14H19N3S. The van der Waals surface area contributed by atoms with E-state index >= 15 is 0 Å². The molecule has 0 fully saturated rings. The molecular weight excluding hydrogens is 242 g/mol. The molecule has 0 saturated heterocycles. The summed E-state index contributed by atoms with van der Waals surface area (Å²) in [6.07, 6.45) is 2.81. The third-order valence-electron chi connectivity index (χ3n) is 2.86. The number of thiazole rings is 1. The van der Waals surface area contributed by atoms with Crippen molar-refractivity contribution in [3.63, 3.8) is 0 Å². The first-order chi connectivity index (χ1) is 8.76. The lowest BCUT2D eigenvalue weighted by molar-refractivity contribution is 0.727. The Morgan fingerprint density at radius 1 is 1.33 bits per heavy atom. The van der Waals surface area contributed by atoms with Crippen molar-refractivity contribution in [1.82, 2.24) is 15.3 Å². The predicted molar refractivity (Wildman–Crippen MR) is 76.8 cm³/mol. The molecule has 4 heteroatoms. The average molecular weight is 261 g/mol. The number of hydrogen-bond acceptors (Lipinski definition) is 4. The lowest BCUT2D eigenvalue weighted by Crippen LogP contribution is -2.11. The normalized spacial score (nSPS) is 10.8. The van der Waals surface area contributed by atoms with Crippen LogP contribution in [0, 0.1) is 6.92 Å². The zero-order valence-corrected chi connectivity index (χ0v) is 12.0. The third-order valence-corrected chi connectivity index (χ3v) is 3.97. The molecule has 0 aliphatic rings. The molecule has 2 aromatic rings. The second-order valence-corrected chi connectivity index (χ2v) is 5.28. The number of nitrogens with zero attached hydrogens (tertiary/aromatic N) is 2. The maximum Gasteiger partial charge on any atom is 0.142 e. The minimum atomic E-state index is 0.906. The summed E-state index contributed by atoms with van der Waals surface area (Å²) in [6.45, 7) is 8.25. The Balaban J connectivity index is 2.35. The molecule has 0 aromatic carbocycles. The summed E-state index contributed by atoms with van der Waals surface area (Å²) in [5.74, 6) is 0. The van der Waals surface area contributed by atoms with Crippen molar-refractivity contribution in [3.8, 4) is 10.7 Å². The Hall–Kier alpha value is -1.26. The van der Waals surface area contributed by atoms with Gasteiger partial charge in [0.1, 0.15) is 10.7 Å². The Morgan fingerprint density at radius 2 is 2.17 bits per heavy atom. The minimum absolute atomic E-state index is 0.906. The molecule has 2 aromatic heterocycles. The van der Waals surface area contributed by atoms with E-state index in [1.165, 1.54) is 16.1 Å². The van der Waals surface area contributed by atoms with E-state index in [2.05, 4.69) is 37.1 Å². The third kappa shape index (κ3) is 2.76. The minimum Gasteiger partial charge on any atom is -0.312 e. The van der Waals surface area contributed by atoms with Gasteiger partial charge in [-0.1, -0.05) is 19.9 Å². The number of aryl methyl sites for hydroxylation is 2. The lowest BCUT2D eigenvalue weighted by Gasteiger charge is -1.99. The Kier molecular flexibility index (Phi) is 4.44. The zero-order chi connectivity index (χ0) is 13.0. The number of nitrogens with one attached hydrogen (secondary N) is 1. The van der Waals surface area contributed by atoms with E-state index in [-0.39, 0.29) is 0 Å². The van der Waals surface area contributed by atoms with Crippen LogP contribution in [-0.2, 0) is 13.0 Å². The van der Waals surface area contributed by atoms with Gasteiger partial charge in [-0.3, -0.25) is 4.98 Å². The van der Waals surface area contributed by atoms with Gasteiger partial charge < -0.3 is 5.32 Å². The van der Waals surface area contributed by atoms with Gasteiger partial charge in [0.15, 0.2) is 0 Å². The van der Waals surface area contributed by atoms with Gasteiger partial charge in [0.05, 0.1) is 5.69 Å². The molecule has 2 rings (SSSR count). The van der Waals surface area contributed by atoms with Gasteiger partial charge in [0.2, 0.25) is 0 Å². The highest BCUT2D eigenvalue weighted by Gasteiger charge is 2.13. The molecule has 0 atom stereocenters. The highest BCUT2D eigenvalue weighted by Crippen LogP contribution is 2.28. The smallest absolute Gasteiger partial charge is 0.142 e. The highest BCUT2D eigenvalue weighted by atomic mass is 32.1. The van der Waals surface area contributed by atoms with Crippen LogP contribution in [-0.4, -0.2) is 16.5 Å². The average Bonchev–Trinajstić information content (AvgIpc) is 2.80. The van der Waals surface area contributed by atoms with Gasteiger partial charge in [0, 0.05) is 17.6 Å². The van der Waals surface area contributed by atoms with Crippen LogP contribution in [0.15, 0.2) is 18.3 Å². The van der Waals surface area contributed by atoms with Crippen molar-refractivity contribution in [2.24, 2.45) is 0 Å². The van der Waals surface area contributed by atoms with Gasteiger partial charge in [-0.25, -0.2) is 4.98 Å². The Labute approximate surface area is 112 Å². The van der Waals surface area contributed by atoms with Gasteiger partial charge in [-0.15, -0.1) is 11.3 Å². The second kappa shape index (κ2) is 6.07. The number of aromatic nitrogens is 2. The van der Waals surface area contributed by atoms with Crippen LogP contribution in [0.2, 0.25) is 0 Å². The maximum absolute atomic E-state index is 4.73. The summed E-state index contributed by atoms with van der Waals surface area (Å²) in [5, 5.41) is 4.41. The van der Waals surface area contributed by atoms with Gasteiger partial charge in [0.25, 0.3) is 0 Å². The molecule has 0 aliphatic carbocycles. The Bertz CT molecular complexity index is 520. The molecule has 0 spiro atoms. The van der Waals surface area contributed by atoms with Crippen LogP contribution in [0.1, 0.15) is 30.0 Å². The molecule has 0 bridgehead atoms. The highest BCUT2D eigenvalue weighted by molar-refractivity contribution is 7.15. The van der Waals surface area contributed by atoms with E-state index in [4.69, 9.17) is 4.98 Å². The summed E-state index contributed by atoms with van der Waals surface area (Å²) >= 11 is 1.76. The summed E-state index contributed by atoms with van der Waals surface area (Å²) in [5.41, 5.74) is 3.39. The molecule has 0 radical (unpaired) electrons. The lowest BCUT2D eigenvalue weighted by atomic mass is 10.2. The zero-order valence-electron chi connectivity index (χ0n) is 11.2. The SMILES string of the molecule is CCNCc1sc(-c2ncccc2C)nc1CC.